The van der Waals surface area contributed by atoms with Crippen LogP contribution in [0, 0.1) is 5.92 Å². The number of sulfonamides is 1. The van der Waals surface area contributed by atoms with E-state index in [0.29, 0.717) is 55.7 Å². The number of aromatic nitrogens is 3. The quantitative estimate of drug-likeness (QED) is 0.544. The number of nitrogens with one attached hydrogen (secondary N) is 1. The van der Waals surface area contributed by atoms with E-state index in [2.05, 4.69) is 20.4 Å². The number of rotatable bonds is 7. The summed E-state index contributed by atoms with van der Waals surface area (Å²) in [5, 5.41) is 8.71. The van der Waals surface area contributed by atoms with Crippen LogP contribution in [0.25, 0.3) is 11.4 Å². The van der Waals surface area contributed by atoms with Crippen LogP contribution in [0.4, 0.5) is 0 Å². The molecule has 174 valence electrons. The van der Waals surface area contributed by atoms with Gasteiger partial charge in [-0.05, 0) is 43.4 Å². The highest BCUT2D eigenvalue weighted by Crippen LogP contribution is 2.37. The van der Waals surface area contributed by atoms with Crippen LogP contribution in [0.1, 0.15) is 49.5 Å². The Morgan fingerprint density at radius 1 is 1.24 bits per heavy atom. The van der Waals surface area contributed by atoms with Crippen molar-refractivity contribution in [3.8, 4) is 11.4 Å². The second-order valence-corrected chi connectivity index (χ2v) is 11.6. The molecular formula is C22H25N5O4S2. The number of hydrogen-bond acceptors (Lipinski definition) is 8. The summed E-state index contributed by atoms with van der Waals surface area (Å²) in [5.41, 5.74) is 1.58. The van der Waals surface area contributed by atoms with Gasteiger partial charge in [-0.25, -0.2) is 8.42 Å². The first-order valence-corrected chi connectivity index (χ1v) is 13.4. The van der Waals surface area contributed by atoms with Gasteiger partial charge in [0.15, 0.2) is 0 Å². The Kier molecular flexibility index (Phi) is 6.26. The molecule has 0 bridgehead atoms. The molecule has 0 atom stereocenters. The maximum absolute atomic E-state index is 13.2. The van der Waals surface area contributed by atoms with E-state index in [1.54, 1.807) is 23.8 Å². The molecule has 2 aliphatic rings. The number of piperidine rings is 1. The average Bonchev–Trinajstić information content (AvgIpc) is 3.47. The molecule has 0 spiro atoms. The monoisotopic (exact) mass is 487 g/mol. The Morgan fingerprint density at radius 2 is 2.06 bits per heavy atom. The largest absolute Gasteiger partial charge is 0.352 e. The third-order valence-corrected chi connectivity index (χ3v) is 9.65. The molecule has 0 radical (unpaired) electrons. The molecule has 4 heterocycles. The normalized spacial score (nSPS) is 18.2. The Morgan fingerprint density at radius 3 is 2.76 bits per heavy atom. The number of hydrogen-bond donors (Lipinski definition) is 1. The third kappa shape index (κ3) is 4.71. The summed E-state index contributed by atoms with van der Waals surface area (Å²) in [6.07, 6.45) is 7.68. The van der Waals surface area contributed by atoms with Gasteiger partial charge in [0.25, 0.3) is 10.0 Å². The van der Waals surface area contributed by atoms with E-state index in [1.165, 1.54) is 10.7 Å². The Labute approximate surface area is 196 Å². The van der Waals surface area contributed by atoms with Crippen LogP contribution in [-0.4, -0.2) is 46.8 Å². The van der Waals surface area contributed by atoms with Crippen molar-refractivity contribution in [3.63, 3.8) is 0 Å². The first kappa shape index (κ1) is 22.2. The molecule has 1 amide bonds. The van der Waals surface area contributed by atoms with Crippen LogP contribution >= 0.6 is 11.3 Å². The van der Waals surface area contributed by atoms with E-state index in [0.717, 1.165) is 29.7 Å². The SMILES string of the molecule is O=C(NCc1cccnc1)C1CCN(S(=O)(=O)c2cc(-c3noc(C4CCC4)n3)cs2)CC1. The van der Waals surface area contributed by atoms with Gasteiger partial charge >= 0.3 is 0 Å². The van der Waals surface area contributed by atoms with E-state index >= 15 is 0 Å². The minimum Gasteiger partial charge on any atom is -0.352 e. The highest BCUT2D eigenvalue weighted by Gasteiger charge is 2.33. The Bertz CT molecular complexity index is 1210. The van der Waals surface area contributed by atoms with Crippen molar-refractivity contribution in [2.75, 3.05) is 13.1 Å². The van der Waals surface area contributed by atoms with Crippen LogP contribution in [0.3, 0.4) is 0 Å². The van der Waals surface area contributed by atoms with E-state index in [1.807, 2.05) is 12.1 Å². The predicted octanol–water partition coefficient (Wildman–Crippen LogP) is 3.18. The summed E-state index contributed by atoms with van der Waals surface area (Å²) < 4.78 is 33.4. The molecule has 1 saturated heterocycles. The van der Waals surface area contributed by atoms with Crippen LogP contribution < -0.4 is 5.32 Å². The zero-order valence-corrected chi connectivity index (χ0v) is 19.6. The van der Waals surface area contributed by atoms with E-state index in [9.17, 15) is 13.2 Å². The number of nitrogens with zero attached hydrogens (tertiary/aromatic N) is 4. The number of carbonyl (C=O) groups is 1. The van der Waals surface area contributed by atoms with Crippen LogP contribution in [0.2, 0.25) is 0 Å². The lowest BCUT2D eigenvalue weighted by molar-refractivity contribution is -0.126. The molecule has 0 aromatic carbocycles. The molecule has 1 aliphatic heterocycles. The summed E-state index contributed by atoms with van der Waals surface area (Å²) in [7, 11) is -3.63. The lowest BCUT2D eigenvalue weighted by Gasteiger charge is -2.30. The van der Waals surface area contributed by atoms with Gasteiger partial charge in [0.2, 0.25) is 17.6 Å². The molecule has 1 aliphatic carbocycles. The van der Waals surface area contributed by atoms with Crippen LogP contribution in [-0.2, 0) is 21.4 Å². The first-order valence-electron chi connectivity index (χ1n) is 11.1. The molecule has 0 unspecified atom stereocenters. The molecule has 1 N–H and O–H groups in total. The Hall–Kier alpha value is -2.63. The lowest BCUT2D eigenvalue weighted by atomic mass is 9.85. The number of thiophene rings is 1. The van der Waals surface area contributed by atoms with Crippen molar-refractivity contribution in [2.45, 2.75) is 48.8 Å². The van der Waals surface area contributed by atoms with Crippen molar-refractivity contribution < 1.29 is 17.7 Å². The minimum absolute atomic E-state index is 0.0475. The zero-order chi connectivity index (χ0) is 22.8. The summed E-state index contributed by atoms with van der Waals surface area (Å²) in [4.78, 5) is 21.0. The summed E-state index contributed by atoms with van der Waals surface area (Å²) in [6.45, 7) is 1.05. The smallest absolute Gasteiger partial charge is 0.252 e. The van der Waals surface area contributed by atoms with Gasteiger partial charge in [0.1, 0.15) is 4.21 Å². The number of pyridine rings is 1. The predicted molar refractivity (Wildman–Crippen MR) is 122 cm³/mol. The fourth-order valence-electron chi connectivity index (χ4n) is 4.06. The van der Waals surface area contributed by atoms with Gasteiger partial charge < -0.3 is 9.84 Å². The summed E-state index contributed by atoms with van der Waals surface area (Å²) >= 11 is 1.16. The van der Waals surface area contributed by atoms with Gasteiger partial charge in [0.05, 0.1) is 0 Å². The Balaban J connectivity index is 1.18. The number of carbonyl (C=O) groups excluding carboxylic acids is 1. The number of amides is 1. The van der Waals surface area contributed by atoms with Gasteiger partial charge in [-0.2, -0.15) is 9.29 Å². The molecule has 9 nitrogen and oxygen atoms in total. The average molecular weight is 488 g/mol. The molecule has 5 rings (SSSR count). The molecule has 33 heavy (non-hydrogen) atoms. The molecule has 3 aromatic rings. The first-order chi connectivity index (χ1) is 16.0. The van der Waals surface area contributed by atoms with E-state index < -0.39 is 10.0 Å². The van der Waals surface area contributed by atoms with Gasteiger partial charge in [-0.1, -0.05) is 17.6 Å². The fourth-order valence-corrected chi connectivity index (χ4v) is 6.84. The highest BCUT2D eigenvalue weighted by molar-refractivity contribution is 7.91. The van der Waals surface area contributed by atoms with Gasteiger partial charge in [0, 0.05) is 54.8 Å². The van der Waals surface area contributed by atoms with Crippen LogP contribution in [0.15, 0.2) is 44.7 Å². The molecular weight excluding hydrogens is 462 g/mol. The zero-order valence-electron chi connectivity index (χ0n) is 18.0. The van der Waals surface area contributed by atoms with Crippen molar-refractivity contribution >= 4 is 27.3 Å². The molecule has 3 aromatic heterocycles. The van der Waals surface area contributed by atoms with E-state index in [-0.39, 0.29) is 16.0 Å². The van der Waals surface area contributed by atoms with Crippen molar-refractivity contribution in [1.29, 1.82) is 0 Å². The molecule has 2 fully saturated rings. The maximum atomic E-state index is 13.2. The fraction of sp³-hybridized carbons (Fsp3) is 0.455. The standard InChI is InChI=1S/C22H25N5O4S2/c28-21(24-13-15-3-2-8-23-12-15)16-6-9-27(10-7-16)33(29,30)19-11-18(14-32-19)20-25-22(31-26-20)17-4-1-5-17/h2-3,8,11-12,14,16-17H,1,4-7,9-10,13H2,(H,24,28). The topological polar surface area (TPSA) is 118 Å². The maximum Gasteiger partial charge on any atom is 0.252 e. The van der Waals surface area contributed by atoms with Crippen molar-refractivity contribution in [3.05, 3.63) is 47.4 Å². The second kappa shape index (κ2) is 9.32. The van der Waals surface area contributed by atoms with E-state index in [4.69, 9.17) is 4.52 Å². The third-order valence-electron chi connectivity index (χ3n) is 6.34. The molecule has 11 heteroatoms. The minimum atomic E-state index is -3.63. The van der Waals surface area contributed by atoms with Crippen molar-refractivity contribution in [2.24, 2.45) is 5.92 Å². The van der Waals surface area contributed by atoms with Crippen molar-refractivity contribution in [1.82, 2.24) is 24.7 Å². The summed E-state index contributed by atoms with van der Waals surface area (Å²) in [5.74, 6) is 1.15. The summed E-state index contributed by atoms with van der Waals surface area (Å²) in [6, 6.07) is 5.34. The highest BCUT2D eigenvalue weighted by atomic mass is 32.2. The van der Waals surface area contributed by atoms with Gasteiger partial charge in [-0.15, -0.1) is 11.3 Å². The lowest BCUT2D eigenvalue weighted by Crippen LogP contribution is -2.42. The van der Waals surface area contributed by atoms with Crippen LogP contribution in [0.5, 0.6) is 0 Å². The molecule has 1 saturated carbocycles. The second-order valence-electron chi connectivity index (χ2n) is 8.50. The van der Waals surface area contributed by atoms with Gasteiger partial charge in [-0.3, -0.25) is 9.78 Å².